The quantitative estimate of drug-likeness (QED) is 0.357. The molecule has 2 aromatic rings. The molecule has 1 aliphatic heterocycles. The van der Waals surface area contributed by atoms with Crippen LogP contribution in [0.2, 0.25) is 0 Å². The second-order valence-corrected chi connectivity index (χ2v) is 12.4. The van der Waals surface area contributed by atoms with Crippen LogP contribution in [0.25, 0.3) is 5.69 Å². The molecule has 1 atom stereocenters. The molecule has 4 heteroatoms. The molecule has 1 aromatic carbocycles. The molecule has 0 spiro atoms. The number of nitrogens with zero attached hydrogens (tertiary/aromatic N) is 3. The smallest absolute Gasteiger partial charge is 0.243 e. The maximum Gasteiger partial charge on any atom is 0.243 e. The van der Waals surface area contributed by atoms with Gasteiger partial charge in [0, 0.05) is 24.2 Å². The topological polar surface area (TPSA) is 30.4 Å². The van der Waals surface area contributed by atoms with E-state index in [4.69, 9.17) is 9.73 Å². The maximum absolute atomic E-state index is 6.32. The minimum absolute atomic E-state index is 0.292. The lowest BCUT2D eigenvalue weighted by molar-refractivity contribution is -0.700. The fourth-order valence-electron chi connectivity index (χ4n) is 7.91. The van der Waals surface area contributed by atoms with Crippen molar-refractivity contribution in [1.29, 1.82) is 0 Å². The van der Waals surface area contributed by atoms with E-state index in [0.29, 0.717) is 23.3 Å². The molecule has 0 unspecified atom stereocenters. The van der Waals surface area contributed by atoms with Crippen LogP contribution in [-0.4, -0.2) is 23.1 Å². The zero-order valence-corrected chi connectivity index (χ0v) is 21.5. The summed E-state index contributed by atoms with van der Waals surface area (Å²) in [4.78, 5) is 5.19. The number of aromatic nitrogens is 2. The van der Waals surface area contributed by atoms with Crippen molar-refractivity contribution in [2.45, 2.75) is 97.1 Å². The van der Waals surface area contributed by atoms with Crippen molar-refractivity contribution in [3.63, 3.8) is 0 Å². The van der Waals surface area contributed by atoms with Gasteiger partial charge in [-0.15, -0.1) is 0 Å². The standard InChI is InChI=1S/C30H41N3O/c1-20(2)26-6-5-7-27(21(3)4)28(26)33-11-10-32(19-33)9-8-25-18-34-29(31-25)30-15-22-12-23(16-30)14-24(13-22)17-30/h5-7,10-11,20-25H,8-9,12-18H2,1-4H3/t22?,23?,24?,25-,30?/m0/s1. The van der Waals surface area contributed by atoms with E-state index in [-0.39, 0.29) is 0 Å². The highest BCUT2D eigenvalue weighted by molar-refractivity contribution is 5.84. The van der Waals surface area contributed by atoms with Crippen molar-refractivity contribution in [1.82, 2.24) is 4.57 Å². The Balaban J connectivity index is 1.16. The van der Waals surface area contributed by atoms with Gasteiger partial charge in [0.1, 0.15) is 6.61 Å². The summed E-state index contributed by atoms with van der Waals surface area (Å²) >= 11 is 0. The highest BCUT2D eigenvalue weighted by Gasteiger charge is 2.55. The van der Waals surface area contributed by atoms with Gasteiger partial charge in [-0.25, -0.2) is 4.99 Å². The Morgan fingerprint density at radius 1 is 1.03 bits per heavy atom. The number of para-hydroxylation sites is 1. The van der Waals surface area contributed by atoms with Crippen molar-refractivity contribution in [3.8, 4) is 5.69 Å². The Bertz CT molecular complexity index is 1020. The lowest BCUT2D eigenvalue weighted by atomic mass is 9.49. The van der Waals surface area contributed by atoms with Crippen LogP contribution >= 0.6 is 0 Å². The summed E-state index contributed by atoms with van der Waals surface area (Å²) in [6, 6.07) is 7.02. The van der Waals surface area contributed by atoms with Crippen LogP contribution in [0, 0.1) is 29.5 Å². The highest BCUT2D eigenvalue weighted by Crippen LogP contribution is 2.61. The third-order valence-electron chi connectivity index (χ3n) is 9.12. The van der Waals surface area contributed by atoms with E-state index < -0.39 is 0 Å². The molecular formula is C30H41N3O. The monoisotopic (exact) mass is 459 g/mol. The van der Waals surface area contributed by atoms with E-state index in [9.17, 15) is 0 Å². The number of benzene rings is 1. The average Bonchev–Trinajstić information content (AvgIpc) is 3.46. The lowest BCUT2D eigenvalue weighted by Gasteiger charge is -2.56. The average molecular weight is 460 g/mol. The second kappa shape index (κ2) is 8.53. The van der Waals surface area contributed by atoms with Gasteiger partial charge in [0.15, 0.2) is 5.90 Å². The van der Waals surface area contributed by atoms with Gasteiger partial charge in [0.05, 0.1) is 18.3 Å². The molecule has 2 heterocycles. The summed E-state index contributed by atoms with van der Waals surface area (Å²) in [5.74, 6) is 4.90. The number of aryl methyl sites for hydroxylation is 1. The number of hydrogen-bond donors (Lipinski definition) is 0. The van der Waals surface area contributed by atoms with Crippen LogP contribution in [0.4, 0.5) is 0 Å². The fourth-order valence-corrected chi connectivity index (χ4v) is 7.91. The minimum Gasteiger partial charge on any atom is -0.478 e. The third kappa shape index (κ3) is 3.91. The summed E-state index contributed by atoms with van der Waals surface area (Å²) in [5, 5.41) is 0. The van der Waals surface area contributed by atoms with E-state index in [0.717, 1.165) is 43.2 Å². The lowest BCUT2D eigenvalue weighted by Crippen LogP contribution is -2.50. The molecule has 0 radical (unpaired) electrons. The summed E-state index contributed by atoms with van der Waals surface area (Å²) in [6.07, 6.45) is 17.4. The van der Waals surface area contributed by atoms with Crippen LogP contribution in [0.15, 0.2) is 35.6 Å². The van der Waals surface area contributed by atoms with E-state index in [1.165, 1.54) is 55.3 Å². The second-order valence-electron chi connectivity index (χ2n) is 12.4. The molecule has 0 amide bonds. The number of rotatable bonds is 7. The number of aliphatic imine (C=N–C) groups is 1. The van der Waals surface area contributed by atoms with Crippen LogP contribution in [0.3, 0.4) is 0 Å². The Morgan fingerprint density at radius 3 is 2.24 bits per heavy atom. The molecule has 4 bridgehead atoms. The minimum atomic E-state index is 0.292. The van der Waals surface area contributed by atoms with Gasteiger partial charge in [-0.05, 0) is 79.2 Å². The molecule has 1 aromatic heterocycles. The van der Waals surface area contributed by atoms with E-state index in [2.05, 4.69) is 73.7 Å². The molecule has 4 fully saturated rings. The van der Waals surface area contributed by atoms with Gasteiger partial charge in [-0.2, -0.15) is 0 Å². The Hall–Kier alpha value is -2.10. The number of ether oxygens (including phenoxy) is 1. The third-order valence-corrected chi connectivity index (χ3v) is 9.12. The van der Waals surface area contributed by atoms with Crippen molar-refractivity contribution < 1.29 is 9.30 Å². The first kappa shape index (κ1) is 22.4. The Morgan fingerprint density at radius 2 is 1.65 bits per heavy atom. The van der Waals surface area contributed by atoms with Crippen LogP contribution in [0.1, 0.15) is 95.6 Å². The summed E-state index contributed by atoms with van der Waals surface area (Å²) in [7, 11) is 0. The normalized spacial score (nSPS) is 32.0. The number of imidazole rings is 1. The summed E-state index contributed by atoms with van der Waals surface area (Å²) in [6.45, 7) is 10.8. The highest BCUT2D eigenvalue weighted by atomic mass is 16.5. The molecule has 182 valence electrons. The molecule has 0 N–H and O–H groups in total. The molecule has 4 saturated carbocycles. The predicted octanol–water partition coefficient (Wildman–Crippen LogP) is 6.22. The van der Waals surface area contributed by atoms with Gasteiger partial charge in [-0.1, -0.05) is 45.9 Å². The Labute approximate surface area is 205 Å². The fraction of sp³-hybridized carbons (Fsp3) is 0.667. The van der Waals surface area contributed by atoms with Crippen molar-refractivity contribution in [2.75, 3.05) is 6.61 Å². The molecule has 34 heavy (non-hydrogen) atoms. The van der Waals surface area contributed by atoms with Gasteiger partial charge >= 0.3 is 0 Å². The zero-order valence-electron chi connectivity index (χ0n) is 21.5. The molecule has 7 rings (SSSR count). The van der Waals surface area contributed by atoms with Gasteiger partial charge in [0.25, 0.3) is 0 Å². The zero-order chi connectivity index (χ0) is 23.4. The van der Waals surface area contributed by atoms with Crippen LogP contribution < -0.4 is 4.57 Å². The van der Waals surface area contributed by atoms with Gasteiger partial charge in [-0.3, -0.25) is 0 Å². The molecule has 4 nitrogen and oxygen atoms in total. The van der Waals surface area contributed by atoms with E-state index >= 15 is 0 Å². The number of hydrogen-bond acceptors (Lipinski definition) is 2. The first-order valence-corrected chi connectivity index (χ1v) is 13.7. The van der Waals surface area contributed by atoms with Crippen molar-refractivity contribution in [2.24, 2.45) is 28.2 Å². The van der Waals surface area contributed by atoms with Crippen molar-refractivity contribution in [3.05, 3.63) is 48.0 Å². The first-order valence-electron chi connectivity index (χ1n) is 13.7. The summed E-state index contributed by atoms with van der Waals surface area (Å²) in [5.41, 5.74) is 4.37. The SMILES string of the molecule is CC(C)c1cccc(C(C)C)c1-n1[c-][n+](CC[C@H]2COC(C34CC5CC(CC(C5)C3)C4)=N2)cc1. The van der Waals surface area contributed by atoms with E-state index in [1.54, 1.807) is 0 Å². The van der Waals surface area contributed by atoms with Crippen LogP contribution in [-0.2, 0) is 11.3 Å². The van der Waals surface area contributed by atoms with E-state index in [1.807, 2.05) is 0 Å². The largest absolute Gasteiger partial charge is 0.478 e. The predicted molar refractivity (Wildman–Crippen MR) is 135 cm³/mol. The van der Waals surface area contributed by atoms with Crippen molar-refractivity contribution >= 4 is 5.90 Å². The van der Waals surface area contributed by atoms with Gasteiger partial charge in [0.2, 0.25) is 6.33 Å². The first-order chi connectivity index (χ1) is 16.4. The van der Waals surface area contributed by atoms with Gasteiger partial charge < -0.3 is 13.9 Å². The summed E-state index contributed by atoms with van der Waals surface area (Å²) < 4.78 is 10.7. The Kier molecular flexibility index (Phi) is 5.61. The molecular weight excluding hydrogens is 418 g/mol. The molecule has 5 aliphatic rings. The van der Waals surface area contributed by atoms with Crippen LogP contribution in [0.5, 0.6) is 0 Å². The molecule has 0 saturated heterocycles. The molecule has 4 aliphatic carbocycles. The maximum atomic E-state index is 6.32.